The molecule has 1 aliphatic rings. The van der Waals surface area contributed by atoms with Gasteiger partial charge in [-0.05, 0) is 30.2 Å². The van der Waals surface area contributed by atoms with E-state index in [0.717, 1.165) is 17.8 Å². The predicted molar refractivity (Wildman–Crippen MR) is 73.7 cm³/mol. The van der Waals surface area contributed by atoms with Gasteiger partial charge in [-0.15, -0.1) is 0 Å². The summed E-state index contributed by atoms with van der Waals surface area (Å²) in [5, 5.41) is 3.26. The summed E-state index contributed by atoms with van der Waals surface area (Å²) >= 11 is 0. The predicted octanol–water partition coefficient (Wildman–Crippen LogP) is 0.294. The van der Waals surface area contributed by atoms with Gasteiger partial charge in [0.1, 0.15) is 0 Å². The first-order chi connectivity index (χ1) is 8.61. The second-order valence-electron chi connectivity index (χ2n) is 4.67. The third-order valence-corrected chi connectivity index (χ3v) is 3.29. The second-order valence-corrected chi connectivity index (χ2v) is 4.67. The molecule has 1 aromatic carbocycles. The monoisotopic (exact) mass is 248 g/mol. The van der Waals surface area contributed by atoms with Crippen LogP contribution >= 0.6 is 0 Å². The largest absolute Gasteiger partial charge is 0.383 e. The van der Waals surface area contributed by atoms with Gasteiger partial charge >= 0.3 is 0 Å². The first-order valence-electron chi connectivity index (χ1n) is 6.21. The smallest absolute Gasteiger partial charge is 0.227 e. The quantitative estimate of drug-likeness (QED) is 0.715. The summed E-state index contributed by atoms with van der Waals surface area (Å²) in [6.45, 7) is 1.12. The van der Waals surface area contributed by atoms with Crippen LogP contribution in [-0.4, -0.2) is 32.1 Å². The van der Waals surface area contributed by atoms with Crippen molar-refractivity contribution in [1.82, 2.24) is 0 Å². The molecule has 1 aliphatic heterocycles. The first-order valence-corrected chi connectivity index (χ1v) is 6.21. The van der Waals surface area contributed by atoms with E-state index in [2.05, 4.69) is 11.4 Å². The summed E-state index contributed by atoms with van der Waals surface area (Å²) in [4.78, 5) is 13.3. The molecule has 1 heterocycles. The summed E-state index contributed by atoms with van der Waals surface area (Å²) in [5.74, 6) is 0.174. The number of hydrogen-bond acceptors (Lipinski definition) is 4. The minimum Gasteiger partial charge on any atom is -0.383 e. The molecule has 0 saturated carbocycles. The lowest BCUT2D eigenvalue weighted by atomic mass is 10.0. The van der Waals surface area contributed by atoms with Gasteiger partial charge in [0.2, 0.25) is 5.91 Å². The molecular formula is C13H20N4O. The Morgan fingerprint density at radius 3 is 2.94 bits per heavy atom. The van der Waals surface area contributed by atoms with Gasteiger partial charge in [0.15, 0.2) is 0 Å². The Morgan fingerprint density at radius 2 is 2.22 bits per heavy atom. The SMILES string of the molecule is CN1C(=O)CCc2cc(NCC(N)CN)ccc21. The van der Waals surface area contributed by atoms with Crippen LogP contribution in [0.5, 0.6) is 0 Å². The van der Waals surface area contributed by atoms with Crippen LogP contribution in [0, 0.1) is 0 Å². The molecule has 18 heavy (non-hydrogen) atoms. The van der Waals surface area contributed by atoms with E-state index in [4.69, 9.17) is 11.5 Å². The van der Waals surface area contributed by atoms with Crippen LogP contribution in [-0.2, 0) is 11.2 Å². The maximum Gasteiger partial charge on any atom is 0.227 e. The number of nitrogens with one attached hydrogen (secondary N) is 1. The fourth-order valence-electron chi connectivity index (χ4n) is 2.10. The van der Waals surface area contributed by atoms with Crippen LogP contribution < -0.4 is 21.7 Å². The zero-order chi connectivity index (χ0) is 13.1. The van der Waals surface area contributed by atoms with Crippen molar-refractivity contribution < 1.29 is 4.79 Å². The number of nitrogens with zero attached hydrogens (tertiary/aromatic N) is 1. The van der Waals surface area contributed by atoms with E-state index in [1.807, 2.05) is 19.2 Å². The van der Waals surface area contributed by atoms with Crippen LogP contribution in [0.4, 0.5) is 11.4 Å². The highest BCUT2D eigenvalue weighted by molar-refractivity contribution is 5.96. The molecule has 5 nitrogen and oxygen atoms in total. The molecule has 0 fully saturated rings. The average molecular weight is 248 g/mol. The lowest BCUT2D eigenvalue weighted by molar-refractivity contribution is -0.118. The van der Waals surface area contributed by atoms with Gasteiger partial charge in [-0.3, -0.25) is 4.79 Å². The van der Waals surface area contributed by atoms with Crippen LogP contribution in [0.2, 0.25) is 0 Å². The molecule has 0 aliphatic carbocycles. The van der Waals surface area contributed by atoms with Crippen LogP contribution in [0.3, 0.4) is 0 Å². The normalized spacial score (nSPS) is 16.4. The Kier molecular flexibility index (Phi) is 3.84. The molecule has 0 spiro atoms. The minimum atomic E-state index is -0.0368. The van der Waals surface area contributed by atoms with Crippen molar-refractivity contribution in [3.05, 3.63) is 23.8 Å². The highest BCUT2D eigenvalue weighted by Crippen LogP contribution is 2.29. The molecule has 5 heteroatoms. The summed E-state index contributed by atoms with van der Waals surface area (Å²) in [5.41, 5.74) is 14.5. The summed E-state index contributed by atoms with van der Waals surface area (Å²) in [6.07, 6.45) is 1.38. The number of fused-ring (bicyclic) bond motifs is 1. The molecule has 0 aromatic heterocycles. The Hall–Kier alpha value is -1.59. The van der Waals surface area contributed by atoms with Crippen LogP contribution in [0.15, 0.2) is 18.2 Å². The number of carbonyl (C=O) groups excluding carboxylic acids is 1. The number of nitrogens with two attached hydrogens (primary N) is 2. The van der Waals surface area contributed by atoms with Crippen LogP contribution in [0.1, 0.15) is 12.0 Å². The number of rotatable bonds is 4. The molecular weight excluding hydrogens is 228 g/mol. The van der Waals surface area contributed by atoms with Gasteiger partial charge in [-0.2, -0.15) is 0 Å². The molecule has 1 unspecified atom stereocenters. The molecule has 2 rings (SSSR count). The standard InChI is InChI=1S/C13H20N4O/c1-17-12-4-3-11(16-8-10(15)7-14)6-9(12)2-5-13(17)18/h3-4,6,10,16H,2,5,7-8,14-15H2,1H3. The van der Waals surface area contributed by atoms with Crippen molar-refractivity contribution in [2.24, 2.45) is 11.5 Å². The third kappa shape index (κ3) is 2.63. The van der Waals surface area contributed by atoms with Crippen molar-refractivity contribution in [3.63, 3.8) is 0 Å². The maximum atomic E-state index is 11.6. The van der Waals surface area contributed by atoms with Crippen molar-refractivity contribution in [2.75, 3.05) is 30.4 Å². The summed E-state index contributed by atoms with van der Waals surface area (Å²) in [7, 11) is 1.82. The van der Waals surface area contributed by atoms with Gasteiger partial charge < -0.3 is 21.7 Å². The molecule has 1 amide bonds. The molecule has 0 radical (unpaired) electrons. The molecule has 1 aromatic rings. The van der Waals surface area contributed by atoms with Gasteiger partial charge in [0, 0.05) is 44.0 Å². The lowest BCUT2D eigenvalue weighted by Gasteiger charge is -2.26. The number of benzene rings is 1. The highest BCUT2D eigenvalue weighted by atomic mass is 16.2. The Balaban J connectivity index is 2.10. The van der Waals surface area contributed by atoms with E-state index in [0.29, 0.717) is 19.5 Å². The zero-order valence-corrected chi connectivity index (χ0v) is 10.6. The summed E-state index contributed by atoms with van der Waals surface area (Å²) in [6, 6.07) is 5.99. The van der Waals surface area contributed by atoms with E-state index in [1.165, 1.54) is 5.56 Å². The molecule has 5 N–H and O–H groups in total. The Morgan fingerprint density at radius 1 is 1.44 bits per heavy atom. The third-order valence-electron chi connectivity index (χ3n) is 3.29. The fourth-order valence-corrected chi connectivity index (χ4v) is 2.10. The van der Waals surface area contributed by atoms with Gasteiger partial charge in [0.25, 0.3) is 0 Å². The molecule has 0 bridgehead atoms. The van der Waals surface area contributed by atoms with Crippen LogP contribution in [0.25, 0.3) is 0 Å². The number of aryl methyl sites for hydroxylation is 1. The second kappa shape index (κ2) is 5.37. The first kappa shape index (κ1) is 12.9. The minimum absolute atomic E-state index is 0.0368. The molecule has 98 valence electrons. The Labute approximate surface area is 107 Å². The number of anilines is 2. The van der Waals surface area contributed by atoms with Crippen molar-refractivity contribution in [2.45, 2.75) is 18.9 Å². The number of amides is 1. The van der Waals surface area contributed by atoms with Gasteiger partial charge in [0.05, 0.1) is 0 Å². The number of carbonyl (C=O) groups is 1. The fraction of sp³-hybridized carbons (Fsp3) is 0.462. The topological polar surface area (TPSA) is 84.4 Å². The van der Waals surface area contributed by atoms with E-state index < -0.39 is 0 Å². The average Bonchev–Trinajstić information content (AvgIpc) is 2.40. The zero-order valence-electron chi connectivity index (χ0n) is 10.6. The van der Waals surface area contributed by atoms with E-state index in [-0.39, 0.29) is 11.9 Å². The highest BCUT2D eigenvalue weighted by Gasteiger charge is 2.20. The van der Waals surface area contributed by atoms with Crippen molar-refractivity contribution in [3.8, 4) is 0 Å². The van der Waals surface area contributed by atoms with E-state index >= 15 is 0 Å². The van der Waals surface area contributed by atoms with Gasteiger partial charge in [-0.1, -0.05) is 0 Å². The van der Waals surface area contributed by atoms with Crippen molar-refractivity contribution >= 4 is 17.3 Å². The molecule has 1 atom stereocenters. The Bertz CT molecular complexity index is 447. The van der Waals surface area contributed by atoms with E-state index in [1.54, 1.807) is 4.90 Å². The maximum absolute atomic E-state index is 11.6. The molecule has 0 saturated heterocycles. The summed E-state index contributed by atoms with van der Waals surface area (Å²) < 4.78 is 0. The lowest BCUT2D eigenvalue weighted by Crippen LogP contribution is -2.36. The van der Waals surface area contributed by atoms with Gasteiger partial charge in [-0.25, -0.2) is 0 Å². The van der Waals surface area contributed by atoms with Crippen molar-refractivity contribution in [1.29, 1.82) is 0 Å². The van der Waals surface area contributed by atoms with E-state index in [9.17, 15) is 4.79 Å². The number of hydrogen-bond donors (Lipinski definition) is 3.